The summed E-state index contributed by atoms with van der Waals surface area (Å²) in [5.41, 5.74) is 3.77. The predicted octanol–water partition coefficient (Wildman–Crippen LogP) is 1.60. The van der Waals surface area contributed by atoms with Crippen LogP contribution in [0.1, 0.15) is 24.1 Å². The number of nitrogens with zero attached hydrogens (tertiary/aromatic N) is 3. The second-order valence-electron chi connectivity index (χ2n) is 7.30. The topological polar surface area (TPSA) is 64.3 Å². The van der Waals surface area contributed by atoms with Crippen LogP contribution in [-0.2, 0) is 17.6 Å². The van der Waals surface area contributed by atoms with E-state index in [1.807, 2.05) is 6.20 Å². The molecule has 2 N–H and O–H groups in total. The van der Waals surface area contributed by atoms with Gasteiger partial charge in [-0.15, -0.1) is 0 Å². The second kappa shape index (κ2) is 7.91. The third-order valence-electron chi connectivity index (χ3n) is 5.53. The van der Waals surface area contributed by atoms with Gasteiger partial charge in [-0.3, -0.25) is 14.8 Å². The summed E-state index contributed by atoms with van der Waals surface area (Å²) in [4.78, 5) is 17.1. The molecule has 2 heterocycles. The van der Waals surface area contributed by atoms with Gasteiger partial charge in [-0.1, -0.05) is 18.2 Å². The van der Waals surface area contributed by atoms with E-state index in [1.54, 1.807) is 0 Å². The van der Waals surface area contributed by atoms with E-state index < -0.39 is 0 Å². The largest absolute Gasteiger partial charge is 0.369 e. The number of fused-ring (bicyclic) bond motifs is 1. The Balaban J connectivity index is 1.18. The maximum atomic E-state index is 12.3. The summed E-state index contributed by atoms with van der Waals surface area (Å²) in [5.74, 6) is 0.170. The van der Waals surface area contributed by atoms with Gasteiger partial charge in [-0.05, 0) is 30.5 Å². The van der Waals surface area contributed by atoms with Gasteiger partial charge in [0.1, 0.15) is 0 Å². The number of nitrogens with one attached hydrogen (secondary N) is 2. The second-order valence-corrected chi connectivity index (χ2v) is 7.30. The summed E-state index contributed by atoms with van der Waals surface area (Å²) in [6.07, 6.45) is 5.36. The highest BCUT2D eigenvalue weighted by Gasteiger charge is 2.22. The third-order valence-corrected chi connectivity index (χ3v) is 5.53. The first-order valence-electron chi connectivity index (χ1n) is 9.61. The Morgan fingerprint density at radius 1 is 1.19 bits per heavy atom. The number of piperazine rings is 1. The molecule has 1 unspecified atom stereocenters. The van der Waals surface area contributed by atoms with Crippen molar-refractivity contribution in [1.82, 2.24) is 20.4 Å². The molecule has 2 aliphatic rings. The number of para-hydroxylation sites is 1. The number of aryl methyl sites for hydroxylation is 1. The Morgan fingerprint density at radius 3 is 2.81 bits per heavy atom. The number of benzene rings is 1. The lowest BCUT2D eigenvalue weighted by Crippen LogP contribution is -2.47. The summed E-state index contributed by atoms with van der Waals surface area (Å²) in [7, 11) is 0. The molecule has 0 saturated carbocycles. The van der Waals surface area contributed by atoms with Crippen molar-refractivity contribution in [3.63, 3.8) is 0 Å². The van der Waals surface area contributed by atoms with Crippen molar-refractivity contribution in [1.29, 1.82) is 0 Å². The first-order chi connectivity index (χ1) is 12.8. The highest BCUT2D eigenvalue weighted by molar-refractivity contribution is 5.76. The van der Waals surface area contributed by atoms with Crippen LogP contribution in [0.25, 0.3) is 0 Å². The lowest BCUT2D eigenvalue weighted by atomic mass is 9.94. The molecule has 1 aromatic carbocycles. The summed E-state index contributed by atoms with van der Waals surface area (Å²) in [6.45, 7) is 4.93. The van der Waals surface area contributed by atoms with Crippen LogP contribution in [0.3, 0.4) is 0 Å². The van der Waals surface area contributed by atoms with Gasteiger partial charge in [-0.25, -0.2) is 0 Å². The highest BCUT2D eigenvalue weighted by Crippen LogP contribution is 2.19. The number of hydrogen-bond donors (Lipinski definition) is 2. The lowest BCUT2D eigenvalue weighted by molar-refractivity contribution is -0.122. The smallest absolute Gasteiger partial charge is 0.221 e. The van der Waals surface area contributed by atoms with Crippen molar-refractivity contribution in [2.24, 2.45) is 0 Å². The van der Waals surface area contributed by atoms with Crippen molar-refractivity contribution in [2.75, 3.05) is 37.6 Å². The van der Waals surface area contributed by atoms with Crippen molar-refractivity contribution >= 4 is 11.6 Å². The lowest BCUT2D eigenvalue weighted by Gasteiger charge is -2.36. The molecule has 1 fully saturated rings. The first-order valence-corrected chi connectivity index (χ1v) is 9.61. The van der Waals surface area contributed by atoms with E-state index >= 15 is 0 Å². The van der Waals surface area contributed by atoms with E-state index in [-0.39, 0.29) is 11.9 Å². The van der Waals surface area contributed by atoms with E-state index in [0.29, 0.717) is 6.42 Å². The van der Waals surface area contributed by atoms with E-state index in [4.69, 9.17) is 0 Å². The molecule has 1 aliphatic heterocycles. The molecule has 1 amide bonds. The standard InChI is InChI=1S/C20H27N5O/c26-20(22-17-7-6-16-15-21-23-19(16)14-17)8-9-24-10-12-25(13-11-24)18-4-2-1-3-5-18/h1-5,15,17H,6-14H2,(H,21,23)(H,22,26). The van der Waals surface area contributed by atoms with Crippen LogP contribution < -0.4 is 10.2 Å². The fraction of sp³-hybridized carbons (Fsp3) is 0.500. The van der Waals surface area contributed by atoms with Crippen LogP contribution in [0.15, 0.2) is 36.5 Å². The fourth-order valence-corrected chi connectivity index (χ4v) is 3.96. The summed E-state index contributed by atoms with van der Waals surface area (Å²) in [5, 5.41) is 10.3. The number of H-pyrrole nitrogens is 1. The minimum absolute atomic E-state index is 0.170. The van der Waals surface area contributed by atoms with Crippen LogP contribution in [0, 0.1) is 0 Å². The number of rotatable bonds is 5. The van der Waals surface area contributed by atoms with Gasteiger partial charge >= 0.3 is 0 Å². The summed E-state index contributed by atoms with van der Waals surface area (Å²) in [6, 6.07) is 10.8. The van der Waals surface area contributed by atoms with Crippen LogP contribution in [0.4, 0.5) is 5.69 Å². The molecular formula is C20H27N5O. The van der Waals surface area contributed by atoms with Gasteiger partial charge in [0.05, 0.1) is 6.20 Å². The van der Waals surface area contributed by atoms with Crippen molar-refractivity contribution in [3.8, 4) is 0 Å². The fourth-order valence-electron chi connectivity index (χ4n) is 3.96. The molecular weight excluding hydrogens is 326 g/mol. The average molecular weight is 353 g/mol. The molecule has 6 heteroatoms. The van der Waals surface area contributed by atoms with E-state index in [0.717, 1.165) is 52.0 Å². The minimum atomic E-state index is 0.170. The number of aromatic amines is 1. The maximum absolute atomic E-state index is 12.3. The number of amides is 1. The van der Waals surface area contributed by atoms with Gasteiger partial charge in [0, 0.05) is 63.0 Å². The molecule has 1 aliphatic carbocycles. The van der Waals surface area contributed by atoms with Crippen molar-refractivity contribution in [3.05, 3.63) is 47.8 Å². The molecule has 6 nitrogen and oxygen atoms in total. The number of hydrogen-bond acceptors (Lipinski definition) is 4. The maximum Gasteiger partial charge on any atom is 0.221 e. The minimum Gasteiger partial charge on any atom is -0.369 e. The van der Waals surface area contributed by atoms with Crippen LogP contribution >= 0.6 is 0 Å². The van der Waals surface area contributed by atoms with Gasteiger partial charge in [0.2, 0.25) is 5.91 Å². The number of aromatic nitrogens is 2. The zero-order valence-electron chi connectivity index (χ0n) is 15.2. The molecule has 1 aromatic heterocycles. The Hall–Kier alpha value is -2.34. The first kappa shape index (κ1) is 17.1. The quantitative estimate of drug-likeness (QED) is 0.857. The summed E-state index contributed by atoms with van der Waals surface area (Å²) >= 11 is 0. The SMILES string of the molecule is O=C(CCN1CCN(c2ccccc2)CC1)NC1CCc2cn[nH]c2C1. The third kappa shape index (κ3) is 4.07. The number of anilines is 1. The number of carbonyl (C=O) groups excluding carboxylic acids is 1. The zero-order chi connectivity index (χ0) is 17.8. The molecule has 138 valence electrons. The molecule has 4 rings (SSSR count). The Kier molecular flexibility index (Phi) is 5.20. The van der Waals surface area contributed by atoms with Gasteiger partial charge in [-0.2, -0.15) is 5.10 Å². The van der Waals surface area contributed by atoms with Crippen molar-refractivity contribution in [2.45, 2.75) is 31.7 Å². The van der Waals surface area contributed by atoms with Crippen LogP contribution in [0.5, 0.6) is 0 Å². The molecule has 0 spiro atoms. The Bertz CT molecular complexity index is 721. The predicted molar refractivity (Wildman–Crippen MR) is 102 cm³/mol. The Labute approximate surface area is 154 Å². The van der Waals surface area contributed by atoms with Crippen molar-refractivity contribution < 1.29 is 4.79 Å². The van der Waals surface area contributed by atoms with Gasteiger partial charge in [0.25, 0.3) is 0 Å². The monoisotopic (exact) mass is 353 g/mol. The number of carbonyl (C=O) groups is 1. The van der Waals surface area contributed by atoms with E-state index in [9.17, 15) is 4.79 Å². The highest BCUT2D eigenvalue weighted by atomic mass is 16.1. The molecule has 26 heavy (non-hydrogen) atoms. The summed E-state index contributed by atoms with van der Waals surface area (Å²) < 4.78 is 0. The molecule has 2 aromatic rings. The molecule has 0 radical (unpaired) electrons. The Morgan fingerprint density at radius 2 is 2.00 bits per heavy atom. The molecule has 1 saturated heterocycles. The zero-order valence-corrected chi connectivity index (χ0v) is 15.2. The van der Waals surface area contributed by atoms with Gasteiger partial charge < -0.3 is 10.2 Å². The van der Waals surface area contributed by atoms with E-state index in [2.05, 4.69) is 55.6 Å². The molecule has 1 atom stereocenters. The average Bonchev–Trinajstić information content (AvgIpc) is 3.15. The van der Waals surface area contributed by atoms with E-state index in [1.165, 1.54) is 16.9 Å². The molecule has 0 bridgehead atoms. The van der Waals surface area contributed by atoms with Crippen LogP contribution in [0.2, 0.25) is 0 Å². The van der Waals surface area contributed by atoms with Gasteiger partial charge in [0.15, 0.2) is 0 Å². The van der Waals surface area contributed by atoms with Crippen LogP contribution in [-0.4, -0.2) is 59.8 Å². The normalized spacial score (nSPS) is 20.6.